The minimum Gasteiger partial charge on any atom is -0.492 e. The van der Waals surface area contributed by atoms with E-state index in [1.807, 2.05) is 0 Å². The van der Waals surface area contributed by atoms with Gasteiger partial charge in [-0.3, -0.25) is 0 Å². The molecule has 0 amide bonds. The number of hydrogen-bond acceptors (Lipinski definition) is 3. The van der Waals surface area contributed by atoms with Gasteiger partial charge in [-0.05, 0) is 25.1 Å². The van der Waals surface area contributed by atoms with Crippen LogP contribution in [0.2, 0.25) is 0 Å². The molecule has 3 N–H and O–H groups in total. The summed E-state index contributed by atoms with van der Waals surface area (Å²) in [6, 6.07) is 3.40. The van der Waals surface area contributed by atoms with Crippen molar-refractivity contribution in [2.24, 2.45) is 5.73 Å². The molecule has 0 saturated heterocycles. The highest BCUT2D eigenvalue weighted by Gasteiger charge is 2.11. The molecule has 82 valence electrons. The molecule has 0 radical (unpaired) electrons. The fraction of sp³-hybridized carbons (Fsp3) is 0.300. The molecule has 0 aromatic heterocycles. The normalized spacial score (nSPS) is 12.2. The van der Waals surface area contributed by atoms with Crippen LogP contribution in [0.4, 0.5) is 4.39 Å². The first-order valence-corrected chi connectivity index (χ1v) is 4.42. The maximum Gasteiger partial charge on any atom is 0.338 e. The van der Waals surface area contributed by atoms with Crippen molar-refractivity contribution in [1.29, 1.82) is 0 Å². The van der Waals surface area contributed by atoms with Gasteiger partial charge in [-0.15, -0.1) is 0 Å². The molecule has 4 nitrogen and oxygen atoms in total. The molecule has 0 heterocycles. The van der Waals surface area contributed by atoms with Crippen molar-refractivity contribution in [3.63, 3.8) is 0 Å². The zero-order valence-corrected chi connectivity index (χ0v) is 8.24. The Labute approximate surface area is 86.5 Å². The fourth-order valence-corrected chi connectivity index (χ4v) is 0.986. The van der Waals surface area contributed by atoms with Crippen molar-refractivity contribution in [3.8, 4) is 5.75 Å². The Morgan fingerprint density at radius 3 is 2.87 bits per heavy atom. The second-order valence-electron chi connectivity index (χ2n) is 3.24. The number of nitrogens with two attached hydrogens (primary N) is 1. The van der Waals surface area contributed by atoms with Gasteiger partial charge in [-0.25, -0.2) is 9.18 Å². The van der Waals surface area contributed by atoms with Crippen molar-refractivity contribution in [2.75, 3.05) is 6.61 Å². The summed E-state index contributed by atoms with van der Waals surface area (Å²) in [4.78, 5) is 10.6. The fourth-order valence-electron chi connectivity index (χ4n) is 0.986. The molecule has 0 aliphatic carbocycles. The third kappa shape index (κ3) is 3.21. The highest BCUT2D eigenvalue weighted by atomic mass is 19.1. The second kappa shape index (κ2) is 4.75. The number of hydrogen-bond donors (Lipinski definition) is 2. The van der Waals surface area contributed by atoms with Gasteiger partial charge in [0.2, 0.25) is 0 Å². The molecule has 0 spiro atoms. The van der Waals surface area contributed by atoms with Gasteiger partial charge in [0.05, 0.1) is 5.56 Å². The van der Waals surface area contributed by atoms with Crippen LogP contribution in [0.5, 0.6) is 5.75 Å². The van der Waals surface area contributed by atoms with Gasteiger partial charge >= 0.3 is 5.97 Å². The predicted molar refractivity (Wildman–Crippen MR) is 52.5 cm³/mol. The highest BCUT2D eigenvalue weighted by Crippen LogP contribution is 2.16. The maximum absolute atomic E-state index is 13.0. The van der Waals surface area contributed by atoms with Crippen LogP contribution in [0.3, 0.4) is 0 Å². The summed E-state index contributed by atoms with van der Waals surface area (Å²) in [5, 5.41) is 8.65. The molecule has 1 aromatic rings. The molecule has 1 atom stereocenters. The lowest BCUT2D eigenvalue weighted by Gasteiger charge is -2.09. The van der Waals surface area contributed by atoms with E-state index in [-0.39, 0.29) is 12.6 Å². The number of benzene rings is 1. The van der Waals surface area contributed by atoms with Crippen LogP contribution < -0.4 is 10.5 Å². The van der Waals surface area contributed by atoms with Gasteiger partial charge in [0.1, 0.15) is 18.2 Å². The largest absolute Gasteiger partial charge is 0.492 e. The molecule has 1 aromatic carbocycles. The summed E-state index contributed by atoms with van der Waals surface area (Å²) >= 11 is 0. The van der Waals surface area contributed by atoms with Gasteiger partial charge < -0.3 is 15.6 Å². The average Bonchev–Trinajstić information content (AvgIpc) is 2.16. The average molecular weight is 213 g/mol. The molecule has 0 saturated carbocycles. The van der Waals surface area contributed by atoms with E-state index in [4.69, 9.17) is 15.6 Å². The van der Waals surface area contributed by atoms with E-state index in [0.29, 0.717) is 5.75 Å². The zero-order chi connectivity index (χ0) is 11.4. The van der Waals surface area contributed by atoms with Crippen molar-refractivity contribution in [3.05, 3.63) is 29.6 Å². The van der Waals surface area contributed by atoms with Gasteiger partial charge in [0.25, 0.3) is 0 Å². The molecule has 0 aliphatic rings. The lowest BCUT2D eigenvalue weighted by molar-refractivity contribution is 0.0691. The monoisotopic (exact) mass is 213 g/mol. The van der Waals surface area contributed by atoms with Crippen molar-refractivity contribution in [2.45, 2.75) is 13.0 Å². The van der Waals surface area contributed by atoms with Crippen LogP contribution in [0, 0.1) is 5.82 Å². The van der Waals surface area contributed by atoms with E-state index in [1.165, 1.54) is 6.07 Å². The van der Waals surface area contributed by atoms with E-state index in [2.05, 4.69) is 0 Å². The highest BCUT2D eigenvalue weighted by molar-refractivity contribution is 5.88. The standard InChI is InChI=1S/C10H12FNO3/c1-6(12)5-15-7-2-3-9(11)8(4-7)10(13)14/h2-4,6H,5,12H2,1H3,(H,13,14). The molecule has 15 heavy (non-hydrogen) atoms. The van der Waals surface area contributed by atoms with Crippen LogP contribution in [0.1, 0.15) is 17.3 Å². The van der Waals surface area contributed by atoms with E-state index in [1.54, 1.807) is 6.92 Å². The van der Waals surface area contributed by atoms with Gasteiger partial charge in [-0.2, -0.15) is 0 Å². The quantitative estimate of drug-likeness (QED) is 0.789. The molecule has 0 bridgehead atoms. The van der Waals surface area contributed by atoms with Gasteiger partial charge in [0, 0.05) is 6.04 Å². The Kier molecular flexibility index (Phi) is 3.62. The Bertz CT molecular complexity index is 366. The molecular formula is C10H12FNO3. The number of carbonyl (C=O) groups is 1. The summed E-state index contributed by atoms with van der Waals surface area (Å²) < 4.78 is 18.1. The molecule has 1 rings (SSSR count). The molecule has 0 aliphatic heterocycles. The molecule has 1 unspecified atom stereocenters. The predicted octanol–water partition coefficient (Wildman–Crippen LogP) is 1.25. The van der Waals surface area contributed by atoms with Crippen LogP contribution >= 0.6 is 0 Å². The van der Waals surface area contributed by atoms with Gasteiger partial charge in [-0.1, -0.05) is 0 Å². The number of carboxylic acids is 1. The van der Waals surface area contributed by atoms with Gasteiger partial charge in [0.15, 0.2) is 0 Å². The summed E-state index contributed by atoms with van der Waals surface area (Å²) in [5.41, 5.74) is 5.05. The lowest BCUT2D eigenvalue weighted by Crippen LogP contribution is -2.23. The molecular weight excluding hydrogens is 201 g/mol. The maximum atomic E-state index is 13.0. The van der Waals surface area contributed by atoms with Crippen LogP contribution in [-0.4, -0.2) is 23.7 Å². The minimum absolute atomic E-state index is 0.164. The summed E-state index contributed by atoms with van der Waals surface area (Å²) in [7, 11) is 0. The second-order valence-corrected chi connectivity index (χ2v) is 3.24. The third-order valence-corrected chi connectivity index (χ3v) is 1.68. The van der Waals surface area contributed by atoms with E-state index in [9.17, 15) is 9.18 Å². The van der Waals surface area contributed by atoms with Crippen LogP contribution in [0.25, 0.3) is 0 Å². The van der Waals surface area contributed by atoms with Crippen molar-refractivity contribution >= 4 is 5.97 Å². The molecule has 0 fully saturated rings. The van der Waals surface area contributed by atoms with Crippen molar-refractivity contribution in [1.82, 2.24) is 0 Å². The van der Waals surface area contributed by atoms with Crippen molar-refractivity contribution < 1.29 is 19.0 Å². The number of halogens is 1. The van der Waals surface area contributed by atoms with E-state index < -0.39 is 17.3 Å². The first-order chi connectivity index (χ1) is 7.00. The summed E-state index contributed by atoms with van der Waals surface area (Å²) in [5.74, 6) is -1.81. The first-order valence-electron chi connectivity index (χ1n) is 4.42. The Morgan fingerprint density at radius 1 is 1.67 bits per heavy atom. The Balaban J connectivity index is 2.83. The smallest absolute Gasteiger partial charge is 0.338 e. The van der Waals surface area contributed by atoms with E-state index >= 15 is 0 Å². The third-order valence-electron chi connectivity index (χ3n) is 1.68. The Hall–Kier alpha value is -1.62. The number of carboxylic acid groups (broad SMARTS) is 1. The first kappa shape index (κ1) is 11.5. The number of rotatable bonds is 4. The minimum atomic E-state index is -1.32. The number of aromatic carboxylic acids is 1. The Morgan fingerprint density at radius 2 is 2.33 bits per heavy atom. The SMILES string of the molecule is CC(N)COc1ccc(F)c(C(=O)O)c1. The summed E-state index contributed by atoms with van der Waals surface area (Å²) in [6.07, 6.45) is 0. The molecule has 5 heteroatoms. The topological polar surface area (TPSA) is 72.5 Å². The van der Waals surface area contributed by atoms with E-state index in [0.717, 1.165) is 12.1 Å². The van der Waals surface area contributed by atoms with Crippen LogP contribution in [0.15, 0.2) is 18.2 Å². The summed E-state index contributed by atoms with van der Waals surface area (Å²) in [6.45, 7) is 2.01. The lowest BCUT2D eigenvalue weighted by atomic mass is 10.2. The number of ether oxygens (including phenoxy) is 1. The zero-order valence-electron chi connectivity index (χ0n) is 8.24. The van der Waals surface area contributed by atoms with Crippen LogP contribution in [-0.2, 0) is 0 Å².